The Morgan fingerprint density at radius 3 is 2.39 bits per heavy atom. The Morgan fingerprint density at radius 2 is 1.71 bits per heavy atom. The Bertz CT molecular complexity index is 1340. The fourth-order valence-electron chi connectivity index (χ4n) is 6.00. The Hall–Kier alpha value is -3.19. The number of allylic oxidation sites excluding steroid dienone is 9. The third-order valence-electron chi connectivity index (χ3n) is 8.14. The molecule has 0 heterocycles. The lowest BCUT2D eigenvalue weighted by molar-refractivity contribution is 0.608. The number of hydrogen-bond acceptors (Lipinski definition) is 1. The van der Waals surface area contributed by atoms with E-state index in [0.717, 1.165) is 12.1 Å². The molecule has 0 saturated carbocycles. The maximum absolute atomic E-state index is 4.43. The van der Waals surface area contributed by atoms with Gasteiger partial charge in [-0.2, -0.15) is 0 Å². The molecule has 2 aromatic carbocycles. The van der Waals surface area contributed by atoms with Gasteiger partial charge in [-0.05, 0) is 109 Å². The van der Waals surface area contributed by atoms with E-state index >= 15 is 0 Å². The van der Waals surface area contributed by atoms with Gasteiger partial charge in [-0.15, -0.1) is 0 Å². The molecule has 1 unspecified atom stereocenters. The quantitative estimate of drug-likeness (QED) is 0.307. The van der Waals surface area contributed by atoms with E-state index in [1.165, 1.54) is 52.7 Å². The van der Waals surface area contributed by atoms with E-state index in [9.17, 15) is 0 Å². The van der Waals surface area contributed by atoms with Gasteiger partial charge < -0.3 is 0 Å². The second-order valence-electron chi connectivity index (χ2n) is 11.5. The van der Waals surface area contributed by atoms with E-state index in [4.69, 9.17) is 0 Å². The fraction of sp³-hybridized carbons (Fsp3) is 0.378. The molecule has 0 fully saturated rings. The van der Waals surface area contributed by atoms with Gasteiger partial charge in [0.05, 0.1) is 0 Å². The van der Waals surface area contributed by atoms with Crippen LogP contribution in [0.5, 0.6) is 0 Å². The van der Waals surface area contributed by atoms with Gasteiger partial charge in [0.1, 0.15) is 0 Å². The second-order valence-corrected chi connectivity index (χ2v) is 11.5. The smallest absolute Gasteiger partial charge is 0.0444 e. The van der Waals surface area contributed by atoms with E-state index in [0.29, 0.717) is 17.8 Å². The molecule has 0 N–H and O–H groups in total. The summed E-state index contributed by atoms with van der Waals surface area (Å²) in [6.45, 7) is 15.7. The van der Waals surface area contributed by atoms with Crippen LogP contribution in [-0.2, 0) is 6.42 Å². The van der Waals surface area contributed by atoms with Gasteiger partial charge in [-0.1, -0.05) is 100 Å². The van der Waals surface area contributed by atoms with Crippen LogP contribution >= 0.6 is 0 Å². The lowest BCUT2D eigenvalue weighted by Gasteiger charge is -2.31. The van der Waals surface area contributed by atoms with Crippen molar-refractivity contribution in [2.24, 2.45) is 22.7 Å². The van der Waals surface area contributed by atoms with Gasteiger partial charge >= 0.3 is 0 Å². The summed E-state index contributed by atoms with van der Waals surface area (Å²) in [7, 11) is 0. The van der Waals surface area contributed by atoms with Gasteiger partial charge in [-0.25, -0.2) is 0 Å². The molecule has 3 aliphatic carbocycles. The largest absolute Gasteiger partial charge is 0.261 e. The van der Waals surface area contributed by atoms with Crippen LogP contribution in [-0.4, -0.2) is 5.71 Å². The predicted octanol–water partition coefficient (Wildman–Crippen LogP) is 10.4. The normalized spacial score (nSPS) is 18.9. The van der Waals surface area contributed by atoms with Crippen molar-refractivity contribution in [1.82, 2.24) is 0 Å². The first kappa shape index (κ1) is 27.8. The van der Waals surface area contributed by atoms with Crippen LogP contribution in [0.1, 0.15) is 84.4 Å². The molecule has 0 aliphatic heterocycles. The van der Waals surface area contributed by atoms with Crippen molar-refractivity contribution in [1.29, 1.82) is 0 Å². The van der Waals surface area contributed by atoms with Gasteiger partial charge in [0.25, 0.3) is 0 Å². The van der Waals surface area contributed by atoms with Crippen LogP contribution < -0.4 is 0 Å². The van der Waals surface area contributed by atoms with Crippen molar-refractivity contribution in [2.45, 2.75) is 74.1 Å². The average molecular weight is 504 g/mol. The molecule has 0 amide bonds. The minimum absolute atomic E-state index is 0.607. The summed E-state index contributed by atoms with van der Waals surface area (Å²) in [4.78, 5) is 4.43. The summed E-state index contributed by atoms with van der Waals surface area (Å²) in [5.41, 5.74) is 14.2. The zero-order chi connectivity index (χ0) is 27.2. The molecule has 2 aromatic rings. The molecule has 1 heteroatoms. The molecule has 0 saturated heterocycles. The van der Waals surface area contributed by atoms with E-state index in [-0.39, 0.29) is 0 Å². The number of benzene rings is 2. The number of aliphatic imine (C=N–C) groups is 1. The van der Waals surface area contributed by atoms with Crippen molar-refractivity contribution in [3.05, 3.63) is 118 Å². The number of fused-ring (bicyclic) bond motifs is 3. The number of hydrogen-bond donors (Lipinski definition) is 0. The van der Waals surface area contributed by atoms with E-state index in [1.807, 2.05) is 19.2 Å². The molecular formula is C37H45N. The lowest BCUT2D eigenvalue weighted by Crippen LogP contribution is -2.16. The highest BCUT2D eigenvalue weighted by molar-refractivity contribution is 6.00. The summed E-state index contributed by atoms with van der Waals surface area (Å²) in [5, 5.41) is 0. The Labute approximate surface area is 231 Å². The van der Waals surface area contributed by atoms with Crippen molar-refractivity contribution >= 4 is 5.71 Å². The van der Waals surface area contributed by atoms with Gasteiger partial charge in [0, 0.05) is 17.8 Å². The lowest BCUT2D eigenvalue weighted by atomic mass is 9.74. The standard InChI is InChI=1S/C19H28.C18H17N/c1-13(2)18-11-17(16-9-7-6-8-10-16)12-19(14(3)4)15(18)5;1-3-10-19-13(2)14-8-9-16-11-15-6-4-5-7-17(15)18(16)12-14/h7,9-11,13-14,17H,6,8,12H2,1-5H3;3-10,12H,11H2,1-2H3/b;10-3-,19-13?. The third-order valence-corrected chi connectivity index (χ3v) is 8.14. The predicted molar refractivity (Wildman–Crippen MR) is 167 cm³/mol. The summed E-state index contributed by atoms with van der Waals surface area (Å²) in [6, 6.07) is 15.3. The Morgan fingerprint density at radius 1 is 0.947 bits per heavy atom. The molecular weight excluding hydrogens is 458 g/mol. The fourth-order valence-corrected chi connectivity index (χ4v) is 6.00. The van der Waals surface area contributed by atoms with Crippen LogP contribution in [0.2, 0.25) is 0 Å². The van der Waals surface area contributed by atoms with E-state index in [1.54, 1.807) is 16.7 Å². The number of rotatable bonds is 5. The Kier molecular flexibility index (Phi) is 9.21. The molecule has 1 nitrogen and oxygen atoms in total. The van der Waals surface area contributed by atoms with Crippen molar-refractivity contribution in [2.75, 3.05) is 0 Å². The molecule has 0 aromatic heterocycles. The maximum atomic E-state index is 4.43. The first-order valence-corrected chi connectivity index (χ1v) is 14.5. The van der Waals surface area contributed by atoms with Gasteiger partial charge in [-0.3, -0.25) is 4.99 Å². The highest BCUT2D eigenvalue weighted by atomic mass is 14.7. The summed E-state index contributed by atoms with van der Waals surface area (Å²) >= 11 is 0. The summed E-state index contributed by atoms with van der Waals surface area (Å²) in [6.07, 6.45) is 18.1. The monoisotopic (exact) mass is 503 g/mol. The van der Waals surface area contributed by atoms with Crippen LogP contribution in [0.3, 0.4) is 0 Å². The van der Waals surface area contributed by atoms with Crippen molar-refractivity contribution in [3.8, 4) is 11.1 Å². The second kappa shape index (κ2) is 12.6. The first-order chi connectivity index (χ1) is 18.3. The zero-order valence-electron chi connectivity index (χ0n) is 24.5. The zero-order valence-corrected chi connectivity index (χ0v) is 24.5. The summed E-state index contributed by atoms with van der Waals surface area (Å²) in [5.74, 6) is 1.90. The molecule has 0 bridgehead atoms. The highest BCUT2D eigenvalue weighted by Crippen LogP contribution is 2.40. The average Bonchev–Trinajstić information content (AvgIpc) is 3.30. The van der Waals surface area contributed by atoms with Gasteiger partial charge in [0.15, 0.2) is 0 Å². The van der Waals surface area contributed by atoms with Gasteiger partial charge in [0.2, 0.25) is 0 Å². The molecule has 5 rings (SSSR count). The van der Waals surface area contributed by atoms with Crippen LogP contribution in [0, 0.1) is 17.8 Å². The SMILES string of the molecule is C/C=C\N=C(C)c1ccc2c(c1)-c1ccccc1C2.CC1=C(C(C)C)CC(C2=CCCC=C2)C=C1C(C)C. The number of nitrogens with zero attached hydrogens (tertiary/aromatic N) is 1. The molecule has 0 spiro atoms. The molecule has 0 radical (unpaired) electrons. The van der Waals surface area contributed by atoms with Crippen molar-refractivity contribution in [3.63, 3.8) is 0 Å². The molecule has 198 valence electrons. The third kappa shape index (κ3) is 6.26. The van der Waals surface area contributed by atoms with E-state index < -0.39 is 0 Å². The summed E-state index contributed by atoms with van der Waals surface area (Å²) < 4.78 is 0. The van der Waals surface area contributed by atoms with Crippen LogP contribution in [0.15, 0.2) is 106 Å². The molecule has 1 atom stereocenters. The first-order valence-electron chi connectivity index (χ1n) is 14.5. The van der Waals surface area contributed by atoms with Crippen LogP contribution in [0.4, 0.5) is 0 Å². The molecule has 38 heavy (non-hydrogen) atoms. The minimum Gasteiger partial charge on any atom is -0.261 e. The maximum Gasteiger partial charge on any atom is 0.0444 e. The van der Waals surface area contributed by atoms with Crippen LogP contribution in [0.25, 0.3) is 11.1 Å². The highest BCUT2D eigenvalue weighted by Gasteiger charge is 2.24. The minimum atomic E-state index is 0.607. The van der Waals surface area contributed by atoms with Crippen molar-refractivity contribution < 1.29 is 0 Å². The molecule has 3 aliphatic rings. The van der Waals surface area contributed by atoms with E-state index in [2.05, 4.69) is 113 Å². The topological polar surface area (TPSA) is 12.4 Å². The Balaban J connectivity index is 0.000000177.